The highest BCUT2D eigenvalue weighted by Crippen LogP contribution is 2.30. The van der Waals surface area contributed by atoms with Gasteiger partial charge in [0.15, 0.2) is 0 Å². The van der Waals surface area contributed by atoms with Gasteiger partial charge in [-0.15, -0.1) is 0 Å². The monoisotopic (exact) mass is 460 g/mol. The molecule has 170 valence electrons. The van der Waals surface area contributed by atoms with E-state index in [9.17, 15) is 29.3 Å². The molecule has 0 radical (unpaired) electrons. The first-order chi connectivity index (χ1) is 16.4. The van der Waals surface area contributed by atoms with Crippen LogP contribution in [0.2, 0.25) is 0 Å². The van der Waals surface area contributed by atoms with Crippen LogP contribution in [0.3, 0.4) is 0 Å². The molecular weight excluding hydrogens is 444 g/mol. The highest BCUT2D eigenvalue weighted by atomic mass is 16.6. The summed E-state index contributed by atoms with van der Waals surface area (Å²) in [5.74, 6) is -3.82. The number of amides is 2. The number of ether oxygens (including phenoxy) is 2. The number of carbonyl (C=O) groups is 4. The molecule has 10 heteroatoms. The Bertz CT molecular complexity index is 1200. The summed E-state index contributed by atoms with van der Waals surface area (Å²) in [5.41, 5.74) is -0.252. The zero-order valence-corrected chi connectivity index (χ0v) is 17.4. The summed E-state index contributed by atoms with van der Waals surface area (Å²) in [6, 6.07) is 20.3. The van der Waals surface area contributed by atoms with Gasteiger partial charge >= 0.3 is 11.9 Å². The van der Waals surface area contributed by atoms with E-state index in [0.717, 1.165) is 6.07 Å². The molecule has 0 saturated carbocycles. The van der Waals surface area contributed by atoms with Gasteiger partial charge in [-0.3, -0.25) is 19.7 Å². The van der Waals surface area contributed by atoms with Gasteiger partial charge in [-0.2, -0.15) is 0 Å². The van der Waals surface area contributed by atoms with E-state index in [1.165, 1.54) is 42.5 Å². The van der Waals surface area contributed by atoms with Crippen LogP contribution in [-0.4, -0.2) is 40.9 Å². The van der Waals surface area contributed by atoms with Gasteiger partial charge in [0.05, 0.1) is 21.7 Å². The lowest BCUT2D eigenvalue weighted by molar-refractivity contribution is -0.384. The molecule has 0 N–H and O–H groups in total. The number of nitro groups is 1. The Morgan fingerprint density at radius 3 is 1.65 bits per heavy atom. The molecule has 1 saturated heterocycles. The van der Waals surface area contributed by atoms with E-state index in [4.69, 9.17) is 9.47 Å². The molecule has 3 aromatic carbocycles. The van der Waals surface area contributed by atoms with Crippen molar-refractivity contribution in [3.05, 3.63) is 106 Å². The Labute approximate surface area is 192 Å². The number of hydrogen-bond acceptors (Lipinski definition) is 8. The molecule has 0 unspecified atom stereocenters. The summed E-state index contributed by atoms with van der Waals surface area (Å²) < 4.78 is 10.6. The summed E-state index contributed by atoms with van der Waals surface area (Å²) in [6.07, 6.45) is -3.57. The van der Waals surface area contributed by atoms with Crippen LogP contribution in [0.4, 0.5) is 11.4 Å². The maximum absolute atomic E-state index is 13.2. The molecule has 0 bridgehead atoms. The summed E-state index contributed by atoms with van der Waals surface area (Å²) >= 11 is 0. The van der Waals surface area contributed by atoms with E-state index in [2.05, 4.69) is 0 Å². The molecule has 10 nitrogen and oxygen atoms in total. The largest absolute Gasteiger partial charge is 0.444 e. The fourth-order valence-corrected chi connectivity index (χ4v) is 3.36. The number of benzene rings is 3. The van der Waals surface area contributed by atoms with Crippen molar-refractivity contribution in [2.45, 2.75) is 12.2 Å². The van der Waals surface area contributed by atoms with Gasteiger partial charge < -0.3 is 9.47 Å². The van der Waals surface area contributed by atoms with Crippen LogP contribution in [0.1, 0.15) is 20.7 Å². The fraction of sp³-hybridized carbons (Fsp3) is 0.0833. The van der Waals surface area contributed by atoms with E-state index < -0.39 is 40.9 Å². The number of hydrogen-bond donors (Lipinski definition) is 0. The molecule has 4 rings (SSSR count). The molecular formula is C24H16N2O8. The molecule has 0 spiro atoms. The summed E-state index contributed by atoms with van der Waals surface area (Å²) in [7, 11) is 0. The number of nitro benzene ring substituents is 1. The van der Waals surface area contributed by atoms with Gasteiger partial charge in [-0.05, 0) is 30.3 Å². The minimum Gasteiger partial charge on any atom is -0.444 e. The summed E-state index contributed by atoms with van der Waals surface area (Å²) in [6.45, 7) is 0. The fourth-order valence-electron chi connectivity index (χ4n) is 3.36. The van der Waals surface area contributed by atoms with E-state index >= 15 is 0 Å². The lowest BCUT2D eigenvalue weighted by Crippen LogP contribution is -2.37. The molecule has 1 aliphatic heterocycles. The van der Waals surface area contributed by atoms with Crippen molar-refractivity contribution in [2.75, 3.05) is 4.90 Å². The van der Waals surface area contributed by atoms with Crippen LogP contribution in [0.5, 0.6) is 0 Å². The maximum atomic E-state index is 13.2. The number of carbonyl (C=O) groups excluding carboxylic acids is 4. The van der Waals surface area contributed by atoms with Crippen molar-refractivity contribution in [1.82, 2.24) is 0 Å². The zero-order valence-electron chi connectivity index (χ0n) is 17.4. The van der Waals surface area contributed by atoms with Gasteiger partial charge in [0, 0.05) is 12.1 Å². The number of anilines is 1. The van der Waals surface area contributed by atoms with Crippen molar-refractivity contribution in [2.24, 2.45) is 0 Å². The third kappa shape index (κ3) is 4.37. The Hall–Kier alpha value is -4.86. The van der Waals surface area contributed by atoms with Gasteiger partial charge in [-0.25, -0.2) is 14.5 Å². The Morgan fingerprint density at radius 1 is 0.735 bits per heavy atom. The second-order valence-electron chi connectivity index (χ2n) is 7.17. The van der Waals surface area contributed by atoms with Gasteiger partial charge in [0.25, 0.3) is 17.5 Å². The lowest BCUT2D eigenvalue weighted by Gasteiger charge is -2.16. The molecule has 0 aliphatic carbocycles. The first-order valence-corrected chi connectivity index (χ1v) is 10.0. The SMILES string of the molecule is O=C(O[C@@H]1C(=O)N(c2cccc([N+](=O)[O-])c2)C(=O)[C@@H]1OC(=O)c1ccccc1)c1ccccc1. The molecule has 1 aliphatic rings. The Morgan fingerprint density at radius 2 is 1.21 bits per heavy atom. The van der Waals surface area contributed by atoms with Gasteiger partial charge in [-0.1, -0.05) is 42.5 Å². The average molecular weight is 460 g/mol. The van der Waals surface area contributed by atoms with Crippen molar-refractivity contribution in [3.63, 3.8) is 0 Å². The van der Waals surface area contributed by atoms with Crippen molar-refractivity contribution in [3.8, 4) is 0 Å². The normalized spacial score (nSPS) is 17.4. The average Bonchev–Trinajstić information content (AvgIpc) is 3.08. The second kappa shape index (κ2) is 9.33. The van der Waals surface area contributed by atoms with Crippen LogP contribution >= 0.6 is 0 Å². The number of nitrogens with zero attached hydrogens (tertiary/aromatic N) is 2. The number of non-ortho nitro benzene ring substituents is 1. The smallest absolute Gasteiger partial charge is 0.339 e. The molecule has 2 atom stereocenters. The number of esters is 2. The van der Waals surface area contributed by atoms with Crippen molar-refractivity contribution in [1.29, 1.82) is 0 Å². The van der Waals surface area contributed by atoms with Crippen LogP contribution in [-0.2, 0) is 19.1 Å². The molecule has 2 amide bonds. The highest BCUT2D eigenvalue weighted by molar-refractivity contribution is 6.25. The Kier molecular flexibility index (Phi) is 6.13. The maximum Gasteiger partial charge on any atom is 0.339 e. The van der Waals surface area contributed by atoms with E-state index in [0.29, 0.717) is 4.90 Å². The van der Waals surface area contributed by atoms with Crippen LogP contribution < -0.4 is 4.90 Å². The van der Waals surface area contributed by atoms with Gasteiger partial charge in [0.1, 0.15) is 0 Å². The van der Waals surface area contributed by atoms with E-state index in [-0.39, 0.29) is 22.5 Å². The standard InChI is InChI=1S/C24H16N2O8/c27-21-19(33-23(29)15-8-3-1-4-9-15)20(34-24(30)16-10-5-2-6-11-16)22(28)25(21)17-12-7-13-18(14-17)26(31)32/h1-14,19-20H/t19-,20+. The third-order valence-electron chi connectivity index (χ3n) is 4.99. The van der Waals surface area contributed by atoms with Crippen molar-refractivity contribution >= 4 is 35.1 Å². The quantitative estimate of drug-likeness (QED) is 0.237. The molecule has 0 aromatic heterocycles. The predicted molar refractivity (Wildman–Crippen MR) is 117 cm³/mol. The van der Waals surface area contributed by atoms with Crippen LogP contribution in [0, 0.1) is 10.1 Å². The molecule has 1 fully saturated rings. The molecule has 1 heterocycles. The number of rotatable bonds is 6. The Balaban J connectivity index is 1.68. The van der Waals surface area contributed by atoms with Crippen LogP contribution in [0.15, 0.2) is 84.9 Å². The van der Waals surface area contributed by atoms with E-state index in [1.54, 1.807) is 36.4 Å². The third-order valence-corrected chi connectivity index (χ3v) is 4.99. The van der Waals surface area contributed by atoms with E-state index in [1.807, 2.05) is 0 Å². The van der Waals surface area contributed by atoms with Gasteiger partial charge in [0.2, 0.25) is 12.2 Å². The zero-order chi connectivity index (χ0) is 24.2. The first kappa shape index (κ1) is 22.3. The number of imide groups is 1. The second-order valence-corrected chi connectivity index (χ2v) is 7.17. The van der Waals surface area contributed by atoms with Crippen LogP contribution in [0.25, 0.3) is 0 Å². The first-order valence-electron chi connectivity index (χ1n) is 10.0. The molecule has 3 aromatic rings. The van der Waals surface area contributed by atoms with Crippen molar-refractivity contribution < 1.29 is 33.6 Å². The summed E-state index contributed by atoms with van der Waals surface area (Å²) in [5, 5.41) is 11.1. The highest BCUT2D eigenvalue weighted by Gasteiger charge is 2.53. The lowest BCUT2D eigenvalue weighted by atomic mass is 10.2. The summed E-state index contributed by atoms with van der Waals surface area (Å²) in [4.78, 5) is 62.6. The topological polar surface area (TPSA) is 133 Å². The minimum absolute atomic E-state index is 0.115. The molecule has 34 heavy (non-hydrogen) atoms. The predicted octanol–water partition coefficient (Wildman–Crippen LogP) is 2.92. The minimum atomic E-state index is -1.79.